The van der Waals surface area contributed by atoms with E-state index in [1.807, 2.05) is 26.8 Å². The number of fused-ring (bicyclic) bond motifs is 1. The maximum Gasteiger partial charge on any atom is 0.0676 e. The summed E-state index contributed by atoms with van der Waals surface area (Å²) >= 11 is 9.44. The van der Waals surface area contributed by atoms with Crippen molar-refractivity contribution in [2.45, 2.75) is 20.8 Å². The van der Waals surface area contributed by atoms with Crippen molar-refractivity contribution in [1.29, 1.82) is 0 Å². The maximum absolute atomic E-state index is 5.97. The van der Waals surface area contributed by atoms with Gasteiger partial charge in [0.15, 0.2) is 0 Å². The molecule has 1 heterocycles. The van der Waals surface area contributed by atoms with Crippen LogP contribution in [0.15, 0.2) is 16.7 Å². The molecule has 1 N–H and O–H groups in total. The van der Waals surface area contributed by atoms with Gasteiger partial charge in [0.25, 0.3) is 0 Å². The maximum atomic E-state index is 5.97. The molecule has 0 fully saturated rings. The van der Waals surface area contributed by atoms with E-state index in [0.29, 0.717) is 0 Å². The van der Waals surface area contributed by atoms with Gasteiger partial charge in [-0.1, -0.05) is 25.4 Å². The molecule has 2 nitrogen and oxygen atoms in total. The Hall–Kier alpha value is -0.540. The van der Waals surface area contributed by atoms with Crippen molar-refractivity contribution < 1.29 is 0 Å². The molecule has 76 valence electrons. The van der Waals surface area contributed by atoms with Crippen LogP contribution in [0.25, 0.3) is 10.9 Å². The number of aromatic nitrogens is 2. The zero-order chi connectivity index (χ0) is 10.7. The second kappa shape index (κ2) is 4.80. The molecule has 0 saturated carbocycles. The zero-order valence-corrected chi connectivity index (χ0v) is 10.7. The van der Waals surface area contributed by atoms with Gasteiger partial charge in [-0.3, -0.25) is 5.10 Å². The minimum atomic E-state index is 0.749. The van der Waals surface area contributed by atoms with Crippen molar-refractivity contribution in [3.63, 3.8) is 0 Å². The van der Waals surface area contributed by atoms with Crippen molar-refractivity contribution in [1.82, 2.24) is 10.2 Å². The van der Waals surface area contributed by atoms with E-state index in [2.05, 4.69) is 26.1 Å². The van der Waals surface area contributed by atoms with Crippen LogP contribution in [0.5, 0.6) is 0 Å². The van der Waals surface area contributed by atoms with Crippen LogP contribution >= 0.6 is 27.5 Å². The second-order valence-electron chi connectivity index (χ2n) is 2.63. The molecule has 1 aromatic heterocycles. The van der Waals surface area contributed by atoms with Crippen LogP contribution in [0, 0.1) is 6.92 Å². The summed E-state index contributed by atoms with van der Waals surface area (Å²) in [5.41, 5.74) is 2.00. The summed E-state index contributed by atoms with van der Waals surface area (Å²) in [7, 11) is 0. The number of rotatable bonds is 0. The van der Waals surface area contributed by atoms with Crippen molar-refractivity contribution in [3.8, 4) is 0 Å². The molecule has 0 saturated heterocycles. The molecule has 0 aliphatic carbocycles. The highest BCUT2D eigenvalue weighted by Crippen LogP contribution is 2.31. The minimum absolute atomic E-state index is 0.749. The van der Waals surface area contributed by atoms with Gasteiger partial charge >= 0.3 is 0 Å². The second-order valence-corrected chi connectivity index (χ2v) is 3.83. The first-order valence-corrected chi connectivity index (χ1v) is 5.65. The number of H-pyrrole nitrogens is 1. The molecule has 2 aromatic rings. The standard InChI is InChI=1S/C8H6BrClN2.C2H6/c1-4-6(10)2-7-5(8(4)9)3-11-12-7;1-2/h2-3H,1H3,(H,11,12);1-2H3. The lowest BCUT2D eigenvalue weighted by atomic mass is 10.2. The van der Waals surface area contributed by atoms with Crippen molar-refractivity contribution >= 4 is 38.4 Å². The molecule has 4 heteroatoms. The van der Waals surface area contributed by atoms with Crippen LogP contribution in [0.3, 0.4) is 0 Å². The smallest absolute Gasteiger partial charge is 0.0676 e. The van der Waals surface area contributed by atoms with E-state index >= 15 is 0 Å². The predicted octanol–water partition coefficient (Wildman–Crippen LogP) is 4.31. The van der Waals surface area contributed by atoms with E-state index < -0.39 is 0 Å². The molecule has 0 atom stereocenters. The van der Waals surface area contributed by atoms with Gasteiger partial charge in [0.2, 0.25) is 0 Å². The lowest BCUT2D eigenvalue weighted by molar-refractivity contribution is 1.12. The van der Waals surface area contributed by atoms with E-state index in [1.165, 1.54) is 0 Å². The van der Waals surface area contributed by atoms with Gasteiger partial charge in [-0.25, -0.2) is 0 Å². The minimum Gasteiger partial charge on any atom is -0.278 e. The highest BCUT2D eigenvalue weighted by Gasteiger charge is 2.06. The Balaban J connectivity index is 0.000000461. The number of hydrogen-bond donors (Lipinski definition) is 1. The summed E-state index contributed by atoms with van der Waals surface area (Å²) < 4.78 is 1.01. The molecule has 0 unspecified atom stereocenters. The molecular formula is C10H12BrClN2. The molecule has 14 heavy (non-hydrogen) atoms. The zero-order valence-electron chi connectivity index (χ0n) is 8.36. The Kier molecular flexibility index (Phi) is 3.96. The monoisotopic (exact) mass is 274 g/mol. The number of hydrogen-bond acceptors (Lipinski definition) is 1. The van der Waals surface area contributed by atoms with Crippen molar-refractivity contribution in [2.24, 2.45) is 0 Å². The first kappa shape index (κ1) is 11.5. The molecule has 0 amide bonds. The van der Waals surface area contributed by atoms with Crippen LogP contribution in [0.4, 0.5) is 0 Å². The third-order valence-electron chi connectivity index (χ3n) is 1.86. The summed E-state index contributed by atoms with van der Waals surface area (Å²) in [5, 5.41) is 8.61. The Morgan fingerprint density at radius 1 is 1.43 bits per heavy atom. The topological polar surface area (TPSA) is 28.7 Å². The molecular weight excluding hydrogens is 263 g/mol. The highest BCUT2D eigenvalue weighted by atomic mass is 79.9. The largest absolute Gasteiger partial charge is 0.278 e. The molecule has 0 spiro atoms. The number of aromatic amines is 1. The first-order valence-electron chi connectivity index (χ1n) is 4.48. The molecule has 0 radical (unpaired) electrons. The average molecular weight is 276 g/mol. The quantitative estimate of drug-likeness (QED) is 0.762. The predicted molar refractivity (Wildman–Crippen MR) is 64.9 cm³/mol. The van der Waals surface area contributed by atoms with E-state index in [9.17, 15) is 0 Å². The Bertz CT molecular complexity index is 437. The SMILES string of the molecule is CC.Cc1c(Cl)cc2[nH]ncc2c1Br. The molecule has 1 aromatic carbocycles. The van der Waals surface area contributed by atoms with Gasteiger partial charge in [0.1, 0.15) is 0 Å². The van der Waals surface area contributed by atoms with Gasteiger partial charge in [0.05, 0.1) is 11.7 Å². The third-order valence-corrected chi connectivity index (χ3v) is 3.28. The Morgan fingerprint density at radius 2 is 2.07 bits per heavy atom. The molecule has 0 bridgehead atoms. The fourth-order valence-corrected chi connectivity index (χ4v) is 1.97. The summed E-state index contributed by atoms with van der Waals surface area (Å²) in [6.45, 7) is 5.97. The summed E-state index contributed by atoms with van der Waals surface area (Å²) in [4.78, 5) is 0. The van der Waals surface area contributed by atoms with E-state index in [0.717, 1.165) is 26.0 Å². The van der Waals surface area contributed by atoms with Crippen LogP contribution in [-0.2, 0) is 0 Å². The lowest BCUT2D eigenvalue weighted by Crippen LogP contribution is -1.79. The van der Waals surface area contributed by atoms with Gasteiger partial charge in [-0.2, -0.15) is 5.10 Å². The van der Waals surface area contributed by atoms with Gasteiger partial charge in [-0.05, 0) is 34.5 Å². The van der Waals surface area contributed by atoms with Crippen LogP contribution < -0.4 is 0 Å². The normalized spacial score (nSPS) is 9.79. The number of nitrogens with zero attached hydrogens (tertiary/aromatic N) is 1. The van der Waals surface area contributed by atoms with Crippen molar-refractivity contribution in [3.05, 3.63) is 27.3 Å². The first-order chi connectivity index (χ1) is 6.70. The molecule has 2 rings (SSSR count). The van der Waals surface area contributed by atoms with E-state index in [4.69, 9.17) is 11.6 Å². The van der Waals surface area contributed by atoms with Crippen LogP contribution in [0.2, 0.25) is 5.02 Å². The van der Waals surface area contributed by atoms with Gasteiger partial charge in [0, 0.05) is 14.9 Å². The van der Waals surface area contributed by atoms with Crippen molar-refractivity contribution in [2.75, 3.05) is 0 Å². The Morgan fingerprint density at radius 3 is 2.71 bits per heavy atom. The van der Waals surface area contributed by atoms with Gasteiger partial charge < -0.3 is 0 Å². The number of halogens is 2. The molecule has 0 aliphatic heterocycles. The van der Waals surface area contributed by atoms with E-state index in [1.54, 1.807) is 6.20 Å². The molecule has 0 aliphatic rings. The number of nitrogens with one attached hydrogen (secondary N) is 1. The average Bonchev–Trinajstić information content (AvgIpc) is 2.65. The Labute approximate surface area is 96.8 Å². The summed E-state index contributed by atoms with van der Waals surface area (Å²) in [6, 6.07) is 1.88. The van der Waals surface area contributed by atoms with Crippen LogP contribution in [-0.4, -0.2) is 10.2 Å². The third kappa shape index (κ3) is 1.93. The summed E-state index contributed by atoms with van der Waals surface area (Å²) in [6.07, 6.45) is 1.78. The van der Waals surface area contributed by atoms with E-state index in [-0.39, 0.29) is 0 Å². The van der Waals surface area contributed by atoms with Crippen LogP contribution in [0.1, 0.15) is 19.4 Å². The van der Waals surface area contributed by atoms with Gasteiger partial charge in [-0.15, -0.1) is 0 Å². The lowest BCUT2D eigenvalue weighted by Gasteiger charge is -2.01. The summed E-state index contributed by atoms with van der Waals surface area (Å²) in [5.74, 6) is 0. The number of benzene rings is 1. The fourth-order valence-electron chi connectivity index (χ4n) is 1.12. The highest BCUT2D eigenvalue weighted by molar-refractivity contribution is 9.10. The fraction of sp³-hybridized carbons (Fsp3) is 0.300.